The lowest BCUT2D eigenvalue weighted by Gasteiger charge is -2.13. The van der Waals surface area contributed by atoms with E-state index in [1.807, 2.05) is 0 Å². The van der Waals surface area contributed by atoms with Crippen molar-refractivity contribution in [1.29, 1.82) is 0 Å². The molecule has 0 bridgehead atoms. The van der Waals surface area contributed by atoms with Crippen LogP contribution in [0.3, 0.4) is 0 Å². The average Bonchev–Trinajstić information content (AvgIpc) is 2.37. The summed E-state index contributed by atoms with van der Waals surface area (Å²) < 4.78 is 5.01. The molecule has 0 saturated carbocycles. The molecule has 0 radical (unpaired) electrons. The average molecular weight is 284 g/mol. The highest BCUT2D eigenvalue weighted by molar-refractivity contribution is 5.78. The van der Waals surface area contributed by atoms with Crippen LogP contribution in [0, 0.1) is 10.1 Å². The van der Waals surface area contributed by atoms with Gasteiger partial charge < -0.3 is 20.4 Å². The number of aliphatic hydroxyl groups excluding tert-OH is 1. The van der Waals surface area contributed by atoms with Crippen molar-refractivity contribution in [2.75, 3.05) is 6.61 Å². The molecule has 110 valence electrons. The molecule has 20 heavy (non-hydrogen) atoms. The van der Waals surface area contributed by atoms with E-state index in [4.69, 9.17) is 10.5 Å². The zero-order valence-corrected chi connectivity index (χ0v) is 10.9. The van der Waals surface area contributed by atoms with Crippen molar-refractivity contribution in [1.82, 2.24) is 0 Å². The van der Waals surface area contributed by atoms with Gasteiger partial charge in [-0.3, -0.25) is 0 Å². The molecule has 3 N–H and O–H groups in total. The first-order valence-electron chi connectivity index (χ1n) is 5.91. The third-order valence-corrected chi connectivity index (χ3v) is 2.50. The summed E-state index contributed by atoms with van der Waals surface area (Å²) in [5.41, 5.74) is 6.15. The summed E-state index contributed by atoms with van der Waals surface area (Å²) >= 11 is 0. The first-order chi connectivity index (χ1) is 9.40. The second-order valence-corrected chi connectivity index (χ2v) is 4.14. The number of nitrogens with two attached hydrogens (primary N) is 1. The van der Waals surface area contributed by atoms with E-state index in [0.29, 0.717) is 12.0 Å². The van der Waals surface area contributed by atoms with E-state index in [-0.39, 0.29) is 12.4 Å². The van der Waals surface area contributed by atoms with Crippen LogP contribution in [-0.4, -0.2) is 34.9 Å². The van der Waals surface area contributed by atoms with Crippen molar-refractivity contribution in [3.63, 3.8) is 0 Å². The lowest BCUT2D eigenvalue weighted by atomic mass is 10.1. The zero-order chi connectivity index (χ0) is 15.1. The van der Waals surface area contributed by atoms with Crippen molar-refractivity contribution < 1.29 is 24.6 Å². The number of benzene rings is 1. The fourth-order valence-corrected chi connectivity index (χ4v) is 1.38. The van der Waals surface area contributed by atoms with E-state index < -0.39 is 23.2 Å². The molecule has 0 aliphatic heterocycles. The molecule has 0 aromatic heterocycles. The zero-order valence-electron chi connectivity index (χ0n) is 10.9. The smallest absolute Gasteiger partial charge is 0.330 e. The standard InChI is InChI=1S/C12H16N2O6/c1-8(15)11(13)12(16)20-10-4-2-3-9(7-10)5-6-19-14(17)18/h2-4,7-8,11,15H,5-6,13H2,1H3. The Kier molecular flexibility index (Phi) is 5.88. The van der Waals surface area contributed by atoms with E-state index >= 15 is 0 Å². The van der Waals surface area contributed by atoms with Gasteiger partial charge in [0.05, 0.1) is 6.10 Å². The van der Waals surface area contributed by atoms with Gasteiger partial charge in [-0.25, -0.2) is 4.79 Å². The number of nitrogens with zero attached hydrogens (tertiary/aromatic N) is 1. The van der Waals surface area contributed by atoms with Gasteiger partial charge in [-0.05, 0) is 31.0 Å². The molecule has 0 heterocycles. The predicted octanol–water partition coefficient (Wildman–Crippen LogP) is 0.0509. The summed E-state index contributed by atoms with van der Waals surface area (Å²) in [6, 6.07) is 5.32. The molecule has 1 rings (SSSR count). The van der Waals surface area contributed by atoms with Crippen LogP contribution >= 0.6 is 0 Å². The summed E-state index contributed by atoms with van der Waals surface area (Å²) in [4.78, 5) is 25.8. The number of carbonyl (C=O) groups is 1. The van der Waals surface area contributed by atoms with Gasteiger partial charge in [0, 0.05) is 0 Å². The van der Waals surface area contributed by atoms with Crippen LogP contribution in [0.25, 0.3) is 0 Å². The van der Waals surface area contributed by atoms with Crippen LogP contribution in [0.1, 0.15) is 12.5 Å². The molecular weight excluding hydrogens is 268 g/mol. The predicted molar refractivity (Wildman–Crippen MR) is 68.4 cm³/mol. The molecular formula is C12H16N2O6. The summed E-state index contributed by atoms with van der Waals surface area (Å²) in [5.74, 6) is -0.497. The number of hydrogen-bond donors (Lipinski definition) is 2. The van der Waals surface area contributed by atoms with Gasteiger partial charge in [-0.1, -0.05) is 12.1 Å². The van der Waals surface area contributed by atoms with Gasteiger partial charge in [-0.15, -0.1) is 10.1 Å². The maximum atomic E-state index is 11.5. The molecule has 2 atom stereocenters. The van der Waals surface area contributed by atoms with E-state index in [0.717, 1.165) is 0 Å². The van der Waals surface area contributed by atoms with E-state index in [1.54, 1.807) is 24.3 Å². The van der Waals surface area contributed by atoms with Crippen molar-refractivity contribution >= 4 is 5.97 Å². The summed E-state index contributed by atoms with van der Waals surface area (Å²) in [6.07, 6.45) is -0.714. The Labute approximate surface area is 115 Å². The summed E-state index contributed by atoms with van der Waals surface area (Å²) in [6.45, 7) is 1.30. The van der Waals surface area contributed by atoms with Gasteiger partial charge in [0.1, 0.15) is 18.4 Å². The molecule has 0 aliphatic rings. The van der Waals surface area contributed by atoms with Gasteiger partial charge in [-0.2, -0.15) is 0 Å². The van der Waals surface area contributed by atoms with Crippen LogP contribution < -0.4 is 10.5 Å². The Morgan fingerprint density at radius 2 is 2.25 bits per heavy atom. The monoisotopic (exact) mass is 284 g/mol. The molecule has 8 nitrogen and oxygen atoms in total. The molecule has 0 fully saturated rings. The van der Waals surface area contributed by atoms with Crippen molar-refractivity contribution in [3.05, 3.63) is 39.9 Å². The highest BCUT2D eigenvalue weighted by atomic mass is 16.9. The molecule has 0 spiro atoms. The Bertz CT molecular complexity index is 477. The van der Waals surface area contributed by atoms with Crippen LogP contribution in [0.15, 0.2) is 24.3 Å². The molecule has 1 aromatic carbocycles. The molecule has 2 unspecified atom stereocenters. The molecule has 0 aliphatic carbocycles. The minimum atomic E-state index is -1.13. The number of hydrogen-bond acceptors (Lipinski definition) is 7. The van der Waals surface area contributed by atoms with Gasteiger partial charge in [0.25, 0.3) is 5.09 Å². The van der Waals surface area contributed by atoms with Gasteiger partial charge in [0.2, 0.25) is 0 Å². The fourth-order valence-electron chi connectivity index (χ4n) is 1.38. The Morgan fingerprint density at radius 3 is 2.85 bits per heavy atom. The third-order valence-electron chi connectivity index (χ3n) is 2.50. The van der Waals surface area contributed by atoms with Crippen molar-refractivity contribution in [2.45, 2.75) is 25.5 Å². The summed E-state index contributed by atoms with van der Waals surface area (Å²) in [7, 11) is 0. The fraction of sp³-hybridized carbons (Fsp3) is 0.417. The van der Waals surface area contributed by atoms with Crippen LogP contribution in [0.5, 0.6) is 5.75 Å². The minimum absolute atomic E-state index is 0.0857. The number of carbonyl (C=O) groups excluding carboxylic acids is 1. The number of rotatable bonds is 7. The largest absolute Gasteiger partial charge is 0.425 e. The number of ether oxygens (including phenoxy) is 1. The Balaban J connectivity index is 2.59. The first-order valence-corrected chi connectivity index (χ1v) is 5.91. The lowest BCUT2D eigenvalue weighted by molar-refractivity contribution is -0.757. The molecule has 1 aromatic rings. The van der Waals surface area contributed by atoms with Crippen LogP contribution in [0.2, 0.25) is 0 Å². The highest BCUT2D eigenvalue weighted by Gasteiger charge is 2.20. The van der Waals surface area contributed by atoms with E-state index in [9.17, 15) is 20.0 Å². The number of esters is 1. The van der Waals surface area contributed by atoms with E-state index in [2.05, 4.69) is 4.84 Å². The molecule has 8 heteroatoms. The number of aliphatic hydroxyl groups is 1. The lowest BCUT2D eigenvalue weighted by Crippen LogP contribution is -2.42. The highest BCUT2D eigenvalue weighted by Crippen LogP contribution is 2.14. The Morgan fingerprint density at radius 1 is 1.55 bits per heavy atom. The maximum absolute atomic E-state index is 11.5. The van der Waals surface area contributed by atoms with Crippen LogP contribution in [-0.2, 0) is 16.1 Å². The van der Waals surface area contributed by atoms with E-state index in [1.165, 1.54) is 6.92 Å². The Hall–Kier alpha value is -2.19. The maximum Gasteiger partial charge on any atom is 0.330 e. The van der Waals surface area contributed by atoms with Crippen molar-refractivity contribution in [2.24, 2.45) is 5.73 Å². The minimum Gasteiger partial charge on any atom is -0.425 e. The topological polar surface area (TPSA) is 125 Å². The SMILES string of the molecule is CC(O)C(N)C(=O)Oc1cccc(CCO[N+](=O)[O-])c1. The normalized spacial score (nSPS) is 13.3. The molecule has 0 saturated heterocycles. The molecule has 0 amide bonds. The second kappa shape index (κ2) is 7.41. The van der Waals surface area contributed by atoms with Crippen molar-refractivity contribution in [3.8, 4) is 5.75 Å². The van der Waals surface area contributed by atoms with Gasteiger partial charge in [0.15, 0.2) is 0 Å². The second-order valence-electron chi connectivity index (χ2n) is 4.14. The quantitative estimate of drug-likeness (QED) is 0.313. The van der Waals surface area contributed by atoms with Gasteiger partial charge >= 0.3 is 5.97 Å². The first kappa shape index (κ1) is 15.9. The van der Waals surface area contributed by atoms with Crippen LogP contribution in [0.4, 0.5) is 0 Å². The third kappa shape index (κ3) is 5.21. The summed E-state index contributed by atoms with van der Waals surface area (Å²) in [5, 5.41) is 18.3.